The molecule has 1 aliphatic rings. The monoisotopic (exact) mass is 166 g/mol. The van der Waals surface area contributed by atoms with E-state index < -0.39 is 0 Å². The van der Waals surface area contributed by atoms with Gasteiger partial charge in [0.15, 0.2) is 0 Å². The van der Waals surface area contributed by atoms with Crippen LogP contribution < -0.4 is 0 Å². The maximum Gasteiger partial charge on any atom is 0.139 e. The predicted molar refractivity (Wildman–Crippen MR) is 45.6 cm³/mol. The van der Waals surface area contributed by atoms with Crippen LogP contribution in [0.15, 0.2) is 12.3 Å². The van der Waals surface area contributed by atoms with Gasteiger partial charge in [-0.3, -0.25) is 0 Å². The lowest BCUT2D eigenvalue weighted by Crippen LogP contribution is -2.05. The Morgan fingerprint density at radius 2 is 2.50 bits per heavy atom. The second-order valence-corrected chi connectivity index (χ2v) is 3.44. The zero-order valence-corrected chi connectivity index (χ0v) is 7.36. The highest BCUT2D eigenvalue weighted by Crippen LogP contribution is 2.28. The SMILES string of the molecule is Cc1ccn(COCC2CC2)n1. The van der Waals surface area contributed by atoms with Crippen LogP contribution in [0.5, 0.6) is 0 Å². The molecular formula is C9H14N2O. The second-order valence-electron chi connectivity index (χ2n) is 3.44. The lowest BCUT2D eigenvalue weighted by Gasteiger charge is -2.01. The number of aryl methyl sites for hydroxylation is 1. The first-order valence-corrected chi connectivity index (χ1v) is 4.42. The van der Waals surface area contributed by atoms with Crippen LogP contribution in [0, 0.1) is 12.8 Å². The van der Waals surface area contributed by atoms with Crippen molar-refractivity contribution in [1.82, 2.24) is 9.78 Å². The average molecular weight is 166 g/mol. The standard InChI is InChI=1S/C9H14N2O/c1-8-4-5-11(10-8)7-12-6-9-2-3-9/h4-5,9H,2-3,6-7H2,1H3. The van der Waals surface area contributed by atoms with Crippen LogP contribution in [0.4, 0.5) is 0 Å². The normalized spacial score (nSPS) is 16.8. The van der Waals surface area contributed by atoms with Crippen molar-refractivity contribution >= 4 is 0 Å². The molecule has 2 rings (SSSR count). The summed E-state index contributed by atoms with van der Waals surface area (Å²) in [5, 5.41) is 4.22. The molecule has 3 nitrogen and oxygen atoms in total. The Balaban J connectivity index is 1.71. The Kier molecular flexibility index (Phi) is 2.13. The molecule has 1 saturated carbocycles. The van der Waals surface area contributed by atoms with E-state index in [0.717, 1.165) is 18.2 Å². The quantitative estimate of drug-likeness (QED) is 0.679. The fraction of sp³-hybridized carbons (Fsp3) is 0.667. The lowest BCUT2D eigenvalue weighted by atomic mass is 10.5. The van der Waals surface area contributed by atoms with Gasteiger partial charge in [-0.25, -0.2) is 4.68 Å². The minimum atomic E-state index is 0.602. The van der Waals surface area contributed by atoms with Gasteiger partial charge in [-0.1, -0.05) is 0 Å². The van der Waals surface area contributed by atoms with Crippen LogP contribution in [0.2, 0.25) is 0 Å². The van der Waals surface area contributed by atoms with E-state index in [1.54, 1.807) is 0 Å². The summed E-state index contributed by atoms with van der Waals surface area (Å²) in [6, 6.07) is 1.99. The zero-order chi connectivity index (χ0) is 8.39. The van der Waals surface area contributed by atoms with Crippen LogP contribution in [0.3, 0.4) is 0 Å². The first kappa shape index (κ1) is 7.80. The van der Waals surface area contributed by atoms with Crippen molar-refractivity contribution in [2.24, 2.45) is 5.92 Å². The van der Waals surface area contributed by atoms with E-state index in [0.29, 0.717) is 6.73 Å². The van der Waals surface area contributed by atoms with Gasteiger partial charge < -0.3 is 4.74 Å². The maximum absolute atomic E-state index is 5.46. The minimum Gasteiger partial charge on any atom is -0.359 e. The molecule has 0 atom stereocenters. The first-order chi connectivity index (χ1) is 5.84. The van der Waals surface area contributed by atoms with Crippen LogP contribution in [-0.4, -0.2) is 16.4 Å². The molecule has 1 aliphatic carbocycles. The van der Waals surface area contributed by atoms with Crippen molar-refractivity contribution in [3.63, 3.8) is 0 Å². The average Bonchev–Trinajstić information content (AvgIpc) is 2.76. The summed E-state index contributed by atoms with van der Waals surface area (Å²) in [5.74, 6) is 0.835. The molecule has 1 fully saturated rings. The third-order valence-corrected chi connectivity index (χ3v) is 2.05. The van der Waals surface area contributed by atoms with Crippen LogP contribution in [-0.2, 0) is 11.5 Å². The largest absolute Gasteiger partial charge is 0.359 e. The number of rotatable bonds is 4. The van der Waals surface area contributed by atoms with Crippen molar-refractivity contribution in [2.45, 2.75) is 26.5 Å². The molecule has 0 saturated heterocycles. The first-order valence-electron chi connectivity index (χ1n) is 4.42. The van der Waals surface area contributed by atoms with E-state index in [1.165, 1.54) is 12.8 Å². The minimum absolute atomic E-state index is 0.602. The van der Waals surface area contributed by atoms with Gasteiger partial charge in [0.25, 0.3) is 0 Å². The molecule has 0 N–H and O–H groups in total. The van der Waals surface area contributed by atoms with Crippen molar-refractivity contribution in [3.05, 3.63) is 18.0 Å². The van der Waals surface area contributed by atoms with E-state index >= 15 is 0 Å². The van der Waals surface area contributed by atoms with Gasteiger partial charge in [0.2, 0.25) is 0 Å². The maximum atomic E-state index is 5.46. The second kappa shape index (κ2) is 3.27. The predicted octanol–water partition coefficient (Wildman–Crippen LogP) is 1.58. The molecule has 66 valence electrons. The Hall–Kier alpha value is -0.830. The smallest absolute Gasteiger partial charge is 0.139 e. The van der Waals surface area contributed by atoms with Crippen molar-refractivity contribution < 1.29 is 4.74 Å². The highest BCUT2D eigenvalue weighted by atomic mass is 16.5. The van der Waals surface area contributed by atoms with Crippen LogP contribution >= 0.6 is 0 Å². The van der Waals surface area contributed by atoms with Crippen molar-refractivity contribution in [1.29, 1.82) is 0 Å². The lowest BCUT2D eigenvalue weighted by molar-refractivity contribution is 0.0610. The van der Waals surface area contributed by atoms with Gasteiger partial charge in [-0.05, 0) is 31.7 Å². The zero-order valence-electron chi connectivity index (χ0n) is 7.36. The fourth-order valence-electron chi connectivity index (χ4n) is 1.13. The summed E-state index contributed by atoms with van der Waals surface area (Å²) in [6.45, 7) is 3.49. The van der Waals surface area contributed by atoms with Gasteiger partial charge in [-0.2, -0.15) is 5.10 Å². The van der Waals surface area contributed by atoms with E-state index in [9.17, 15) is 0 Å². The summed E-state index contributed by atoms with van der Waals surface area (Å²) in [7, 11) is 0. The van der Waals surface area contributed by atoms with Gasteiger partial charge in [-0.15, -0.1) is 0 Å². The van der Waals surface area contributed by atoms with Gasteiger partial charge in [0.1, 0.15) is 6.73 Å². The summed E-state index contributed by atoms with van der Waals surface area (Å²) < 4.78 is 7.29. The van der Waals surface area contributed by atoms with E-state index in [1.807, 2.05) is 23.9 Å². The van der Waals surface area contributed by atoms with Crippen LogP contribution in [0.1, 0.15) is 18.5 Å². The van der Waals surface area contributed by atoms with Crippen molar-refractivity contribution in [2.75, 3.05) is 6.61 Å². The number of hydrogen-bond donors (Lipinski definition) is 0. The molecule has 12 heavy (non-hydrogen) atoms. The third kappa shape index (κ3) is 2.08. The molecule has 0 bridgehead atoms. The van der Waals surface area contributed by atoms with Gasteiger partial charge in [0, 0.05) is 6.20 Å². The molecular weight excluding hydrogens is 152 g/mol. The third-order valence-electron chi connectivity index (χ3n) is 2.05. The molecule has 0 unspecified atom stereocenters. The molecule has 0 radical (unpaired) electrons. The summed E-state index contributed by atoms with van der Waals surface area (Å²) in [5.41, 5.74) is 1.05. The highest BCUT2D eigenvalue weighted by molar-refractivity contribution is 4.94. The molecule has 3 heteroatoms. The molecule has 0 amide bonds. The number of ether oxygens (including phenoxy) is 1. The Morgan fingerprint density at radius 3 is 3.08 bits per heavy atom. The number of aromatic nitrogens is 2. The van der Waals surface area contributed by atoms with E-state index in [-0.39, 0.29) is 0 Å². The van der Waals surface area contributed by atoms with Crippen molar-refractivity contribution in [3.8, 4) is 0 Å². The molecule has 1 heterocycles. The number of hydrogen-bond acceptors (Lipinski definition) is 2. The Bertz CT molecular complexity index is 253. The molecule has 0 aliphatic heterocycles. The molecule has 1 aromatic heterocycles. The number of nitrogens with zero attached hydrogens (tertiary/aromatic N) is 2. The highest BCUT2D eigenvalue weighted by Gasteiger charge is 2.20. The fourth-order valence-corrected chi connectivity index (χ4v) is 1.13. The van der Waals surface area contributed by atoms with E-state index in [2.05, 4.69) is 5.10 Å². The summed E-state index contributed by atoms with van der Waals surface area (Å²) in [6.07, 6.45) is 4.64. The van der Waals surface area contributed by atoms with E-state index in [4.69, 9.17) is 4.74 Å². The summed E-state index contributed by atoms with van der Waals surface area (Å²) >= 11 is 0. The van der Waals surface area contributed by atoms with Gasteiger partial charge in [0.05, 0.1) is 12.3 Å². The molecule has 1 aromatic rings. The van der Waals surface area contributed by atoms with Gasteiger partial charge >= 0.3 is 0 Å². The summed E-state index contributed by atoms with van der Waals surface area (Å²) in [4.78, 5) is 0. The molecule has 0 aromatic carbocycles. The topological polar surface area (TPSA) is 27.1 Å². The van der Waals surface area contributed by atoms with Crippen LogP contribution in [0.25, 0.3) is 0 Å². The Labute approximate surface area is 72.3 Å². The Morgan fingerprint density at radius 1 is 1.67 bits per heavy atom. The molecule has 0 spiro atoms.